The van der Waals surface area contributed by atoms with Crippen molar-refractivity contribution in [2.24, 2.45) is 0 Å². The van der Waals surface area contributed by atoms with Gasteiger partial charge < -0.3 is 9.73 Å². The molecule has 4 rings (SSSR count). The van der Waals surface area contributed by atoms with Crippen molar-refractivity contribution in [3.63, 3.8) is 0 Å². The summed E-state index contributed by atoms with van der Waals surface area (Å²) in [4.78, 5) is 27.6. The summed E-state index contributed by atoms with van der Waals surface area (Å²) >= 11 is 6.31. The van der Waals surface area contributed by atoms with Crippen LogP contribution in [0.4, 0.5) is 11.4 Å². The van der Waals surface area contributed by atoms with Gasteiger partial charge in [0, 0.05) is 11.8 Å². The molecule has 29 heavy (non-hydrogen) atoms. The largest absolute Gasteiger partial charge is 0.436 e. The summed E-state index contributed by atoms with van der Waals surface area (Å²) in [5.41, 5.74) is 2.96. The van der Waals surface area contributed by atoms with Crippen molar-refractivity contribution in [3.05, 3.63) is 86.9 Å². The molecule has 0 radical (unpaired) electrons. The van der Waals surface area contributed by atoms with E-state index >= 15 is 0 Å². The number of nitro groups is 1. The second-order valence-corrected chi connectivity index (χ2v) is 6.82. The maximum Gasteiger partial charge on any atom is 0.282 e. The number of fused-ring (bicyclic) bond motifs is 1. The number of hydrogen-bond acceptors (Lipinski definition) is 5. The van der Waals surface area contributed by atoms with Crippen LogP contribution in [0.3, 0.4) is 0 Å². The van der Waals surface area contributed by atoms with Crippen LogP contribution in [0.5, 0.6) is 0 Å². The van der Waals surface area contributed by atoms with E-state index in [1.165, 1.54) is 18.2 Å². The maximum atomic E-state index is 12.6. The van der Waals surface area contributed by atoms with Gasteiger partial charge in [0.25, 0.3) is 11.6 Å². The number of aromatic nitrogens is 1. The standard InChI is InChI=1S/C21H14ClN3O4/c1-12-6-9-17-19(10-12)29-21(24-17)15-11-13(7-8-16(15)22)23-20(26)14-4-2-3-5-18(14)25(27)28/h2-11H,1H3,(H,23,26). The SMILES string of the molecule is Cc1ccc2nc(-c3cc(NC(=O)c4ccccc4[N+](=O)[O-])ccc3Cl)oc2c1. The Morgan fingerprint density at radius 2 is 1.93 bits per heavy atom. The molecule has 0 fully saturated rings. The van der Waals surface area contributed by atoms with Crippen molar-refractivity contribution in [1.29, 1.82) is 0 Å². The summed E-state index contributed by atoms with van der Waals surface area (Å²) in [6.45, 7) is 1.95. The van der Waals surface area contributed by atoms with Gasteiger partial charge in [0.2, 0.25) is 5.89 Å². The molecule has 3 aromatic carbocycles. The second-order valence-electron chi connectivity index (χ2n) is 6.41. The van der Waals surface area contributed by atoms with E-state index in [1.807, 2.05) is 25.1 Å². The number of amides is 1. The molecular weight excluding hydrogens is 394 g/mol. The lowest BCUT2D eigenvalue weighted by atomic mass is 10.1. The average Bonchev–Trinajstić information content (AvgIpc) is 3.12. The third kappa shape index (κ3) is 3.68. The van der Waals surface area contributed by atoms with Crippen LogP contribution in [0, 0.1) is 17.0 Å². The van der Waals surface area contributed by atoms with Crippen molar-refractivity contribution in [2.75, 3.05) is 5.32 Å². The number of oxazole rings is 1. The smallest absolute Gasteiger partial charge is 0.282 e. The van der Waals surface area contributed by atoms with Crippen LogP contribution in [0.2, 0.25) is 5.02 Å². The van der Waals surface area contributed by atoms with E-state index < -0.39 is 10.8 Å². The lowest BCUT2D eigenvalue weighted by Crippen LogP contribution is -2.13. The fraction of sp³-hybridized carbons (Fsp3) is 0.0476. The molecule has 0 bridgehead atoms. The number of nitrogens with one attached hydrogen (secondary N) is 1. The number of nitrogens with zero attached hydrogens (tertiary/aromatic N) is 2. The second kappa shape index (κ2) is 7.37. The van der Waals surface area contributed by atoms with Gasteiger partial charge in [-0.05, 0) is 48.9 Å². The van der Waals surface area contributed by atoms with Gasteiger partial charge in [-0.3, -0.25) is 14.9 Å². The summed E-state index contributed by atoms with van der Waals surface area (Å²) in [5.74, 6) is -0.281. The van der Waals surface area contributed by atoms with Gasteiger partial charge in [0.1, 0.15) is 11.1 Å². The molecule has 4 aromatic rings. The predicted molar refractivity (Wildman–Crippen MR) is 110 cm³/mol. The average molecular weight is 408 g/mol. The van der Waals surface area contributed by atoms with E-state index in [2.05, 4.69) is 10.3 Å². The van der Waals surface area contributed by atoms with E-state index in [-0.39, 0.29) is 11.3 Å². The molecule has 1 N–H and O–H groups in total. The molecule has 0 spiro atoms. The first-order valence-electron chi connectivity index (χ1n) is 8.64. The molecule has 0 saturated heterocycles. The van der Waals surface area contributed by atoms with Crippen LogP contribution < -0.4 is 5.32 Å². The Hall–Kier alpha value is -3.71. The van der Waals surface area contributed by atoms with E-state index in [9.17, 15) is 14.9 Å². The third-order valence-electron chi connectivity index (χ3n) is 4.34. The van der Waals surface area contributed by atoms with Crippen molar-refractivity contribution >= 4 is 40.0 Å². The van der Waals surface area contributed by atoms with Gasteiger partial charge in [-0.1, -0.05) is 29.8 Å². The lowest BCUT2D eigenvalue weighted by molar-refractivity contribution is -0.385. The van der Waals surface area contributed by atoms with Gasteiger partial charge in [0.15, 0.2) is 5.58 Å². The molecule has 0 aliphatic carbocycles. The highest BCUT2D eigenvalue weighted by molar-refractivity contribution is 6.33. The van der Waals surface area contributed by atoms with Crippen LogP contribution in [-0.4, -0.2) is 15.8 Å². The number of carbonyl (C=O) groups is 1. The molecule has 1 aromatic heterocycles. The molecule has 1 amide bonds. The molecule has 0 aliphatic heterocycles. The van der Waals surface area contributed by atoms with Crippen LogP contribution in [0.25, 0.3) is 22.6 Å². The van der Waals surface area contributed by atoms with Gasteiger partial charge in [-0.2, -0.15) is 0 Å². The molecule has 0 atom stereocenters. The summed E-state index contributed by atoms with van der Waals surface area (Å²) in [7, 11) is 0. The molecular formula is C21H14ClN3O4. The first-order chi connectivity index (χ1) is 13.9. The number of nitro benzene ring substituents is 1. The number of benzene rings is 3. The Morgan fingerprint density at radius 1 is 1.14 bits per heavy atom. The zero-order valence-electron chi connectivity index (χ0n) is 15.2. The minimum atomic E-state index is -0.598. The summed E-state index contributed by atoms with van der Waals surface area (Å²) < 4.78 is 5.81. The number of para-hydroxylation sites is 1. The van der Waals surface area contributed by atoms with Crippen LogP contribution >= 0.6 is 11.6 Å². The van der Waals surface area contributed by atoms with E-state index in [1.54, 1.807) is 24.3 Å². The van der Waals surface area contributed by atoms with Gasteiger partial charge in [0.05, 0.1) is 15.5 Å². The molecule has 1 heterocycles. The first kappa shape index (κ1) is 18.6. The van der Waals surface area contributed by atoms with Crippen molar-refractivity contribution in [1.82, 2.24) is 4.98 Å². The monoisotopic (exact) mass is 407 g/mol. The zero-order valence-corrected chi connectivity index (χ0v) is 15.9. The first-order valence-corrected chi connectivity index (χ1v) is 9.02. The molecule has 8 heteroatoms. The Labute approximate surface area is 170 Å². The highest BCUT2D eigenvalue weighted by Crippen LogP contribution is 2.33. The van der Waals surface area contributed by atoms with Gasteiger partial charge >= 0.3 is 0 Å². The number of aryl methyl sites for hydroxylation is 1. The summed E-state index contributed by atoms with van der Waals surface area (Å²) in [6, 6.07) is 16.2. The molecule has 0 unspecified atom stereocenters. The number of carbonyl (C=O) groups excluding carboxylic acids is 1. The van der Waals surface area contributed by atoms with E-state index in [0.29, 0.717) is 33.3 Å². The Kier molecular flexibility index (Phi) is 4.74. The molecule has 7 nitrogen and oxygen atoms in total. The normalized spacial score (nSPS) is 10.8. The van der Waals surface area contributed by atoms with Gasteiger partial charge in [-0.25, -0.2) is 4.98 Å². The fourth-order valence-electron chi connectivity index (χ4n) is 2.94. The lowest BCUT2D eigenvalue weighted by Gasteiger charge is -2.08. The van der Waals surface area contributed by atoms with E-state index in [0.717, 1.165) is 5.56 Å². The summed E-state index contributed by atoms with van der Waals surface area (Å²) in [5, 5.41) is 14.2. The Balaban J connectivity index is 1.68. The maximum absolute atomic E-state index is 12.6. The molecule has 0 aliphatic rings. The van der Waals surface area contributed by atoms with Crippen molar-refractivity contribution in [2.45, 2.75) is 6.92 Å². The number of anilines is 1. The number of halogens is 1. The van der Waals surface area contributed by atoms with Crippen molar-refractivity contribution < 1.29 is 14.1 Å². The minimum Gasteiger partial charge on any atom is -0.436 e. The highest BCUT2D eigenvalue weighted by Gasteiger charge is 2.20. The summed E-state index contributed by atoms with van der Waals surface area (Å²) in [6.07, 6.45) is 0. The third-order valence-corrected chi connectivity index (χ3v) is 4.67. The van der Waals surface area contributed by atoms with Crippen LogP contribution in [-0.2, 0) is 0 Å². The van der Waals surface area contributed by atoms with Crippen LogP contribution in [0.1, 0.15) is 15.9 Å². The Bertz CT molecular complexity index is 1270. The Morgan fingerprint density at radius 3 is 2.72 bits per heavy atom. The van der Waals surface area contributed by atoms with Crippen molar-refractivity contribution in [3.8, 4) is 11.5 Å². The quantitative estimate of drug-likeness (QED) is 0.350. The van der Waals surface area contributed by atoms with Gasteiger partial charge in [-0.15, -0.1) is 0 Å². The van der Waals surface area contributed by atoms with E-state index in [4.69, 9.17) is 16.0 Å². The predicted octanol–water partition coefficient (Wildman–Crippen LogP) is 5.62. The fourth-order valence-corrected chi connectivity index (χ4v) is 3.14. The van der Waals surface area contributed by atoms with Crippen LogP contribution in [0.15, 0.2) is 65.1 Å². The molecule has 144 valence electrons. The number of rotatable bonds is 4. The molecule has 0 saturated carbocycles. The minimum absolute atomic E-state index is 0.0358. The highest BCUT2D eigenvalue weighted by atomic mass is 35.5. The topological polar surface area (TPSA) is 98.3 Å². The number of hydrogen-bond donors (Lipinski definition) is 1. The zero-order chi connectivity index (χ0) is 20.5.